The molecule has 0 spiro atoms. The first-order chi connectivity index (χ1) is 11.6. The van der Waals surface area contributed by atoms with E-state index in [9.17, 15) is 9.59 Å². The number of amides is 2. The fraction of sp³-hybridized carbons (Fsp3) is 0.556. The van der Waals surface area contributed by atoms with Gasteiger partial charge in [0.05, 0.1) is 6.04 Å². The highest BCUT2D eigenvalue weighted by Crippen LogP contribution is 2.14. The van der Waals surface area contributed by atoms with E-state index in [0.717, 1.165) is 18.1 Å². The predicted molar refractivity (Wildman–Crippen MR) is 96.9 cm³/mol. The lowest BCUT2D eigenvalue weighted by Crippen LogP contribution is -2.54. The number of hydrogen-bond donors (Lipinski definition) is 1. The van der Waals surface area contributed by atoms with Gasteiger partial charge in [0.15, 0.2) is 0 Å². The van der Waals surface area contributed by atoms with Crippen LogP contribution in [0.2, 0.25) is 0 Å². The molecule has 2 aliphatic heterocycles. The minimum Gasteiger partial charge on any atom is -0.339 e. The van der Waals surface area contributed by atoms with E-state index in [1.54, 1.807) is 11.8 Å². The van der Waals surface area contributed by atoms with Gasteiger partial charge >= 0.3 is 0 Å². The van der Waals surface area contributed by atoms with Crippen molar-refractivity contribution in [2.24, 2.45) is 0 Å². The van der Waals surface area contributed by atoms with Gasteiger partial charge < -0.3 is 9.80 Å². The summed E-state index contributed by atoms with van der Waals surface area (Å²) in [7, 11) is 0. The second-order valence-electron chi connectivity index (χ2n) is 6.46. The summed E-state index contributed by atoms with van der Waals surface area (Å²) in [5.74, 6) is 2.09. The number of piperazine rings is 1. The maximum atomic E-state index is 12.4. The smallest absolute Gasteiger partial charge is 0.240 e. The van der Waals surface area contributed by atoms with Crippen molar-refractivity contribution in [3.63, 3.8) is 0 Å². The van der Waals surface area contributed by atoms with E-state index in [-0.39, 0.29) is 17.9 Å². The van der Waals surface area contributed by atoms with E-state index in [2.05, 4.69) is 36.5 Å². The van der Waals surface area contributed by atoms with E-state index in [4.69, 9.17) is 0 Å². The van der Waals surface area contributed by atoms with Crippen LogP contribution >= 0.6 is 11.8 Å². The Kier molecular flexibility index (Phi) is 5.79. The van der Waals surface area contributed by atoms with Gasteiger partial charge in [-0.15, -0.1) is 11.8 Å². The van der Waals surface area contributed by atoms with Crippen LogP contribution < -0.4 is 5.32 Å². The normalized spacial score (nSPS) is 21.1. The van der Waals surface area contributed by atoms with E-state index in [1.165, 1.54) is 11.1 Å². The van der Waals surface area contributed by atoms with Crippen molar-refractivity contribution < 1.29 is 9.59 Å². The number of aryl methyl sites for hydroxylation is 2. The monoisotopic (exact) mass is 347 g/mol. The average Bonchev–Trinajstić information content (AvgIpc) is 3.15. The Labute approximate surface area is 147 Å². The van der Waals surface area contributed by atoms with Crippen molar-refractivity contribution in [3.8, 4) is 0 Å². The Morgan fingerprint density at radius 2 is 1.79 bits per heavy atom. The van der Waals surface area contributed by atoms with Crippen molar-refractivity contribution in [3.05, 3.63) is 35.4 Å². The Morgan fingerprint density at radius 1 is 1.12 bits per heavy atom. The number of nitrogens with one attached hydrogen (secondary N) is 1. The molecular weight excluding hydrogens is 322 g/mol. The lowest BCUT2D eigenvalue weighted by atomic mass is 10.1. The van der Waals surface area contributed by atoms with E-state index < -0.39 is 0 Å². The molecule has 1 aromatic rings. The molecule has 2 fully saturated rings. The summed E-state index contributed by atoms with van der Waals surface area (Å²) in [4.78, 5) is 28.5. The van der Waals surface area contributed by atoms with Gasteiger partial charge in [0, 0.05) is 44.2 Å². The highest BCUT2D eigenvalue weighted by Gasteiger charge is 2.30. The maximum Gasteiger partial charge on any atom is 0.240 e. The van der Waals surface area contributed by atoms with Crippen molar-refractivity contribution in [1.29, 1.82) is 0 Å². The molecule has 5 nitrogen and oxygen atoms in total. The Morgan fingerprint density at radius 3 is 2.42 bits per heavy atom. The minimum atomic E-state index is -0.0428. The SMILES string of the molecule is Cc1ccc(CCC(=O)N2CCN(C(=O)C3CSCN3)CC2)cc1. The van der Waals surface area contributed by atoms with Gasteiger partial charge in [0.25, 0.3) is 0 Å². The third-order valence-corrected chi connectivity index (χ3v) is 5.65. The van der Waals surface area contributed by atoms with Gasteiger partial charge in [0.1, 0.15) is 0 Å². The molecule has 1 unspecified atom stereocenters. The quantitative estimate of drug-likeness (QED) is 0.891. The minimum absolute atomic E-state index is 0.0428. The van der Waals surface area contributed by atoms with Gasteiger partial charge in [-0.05, 0) is 18.9 Å². The average molecular weight is 347 g/mol. The molecule has 0 radical (unpaired) electrons. The lowest BCUT2D eigenvalue weighted by Gasteiger charge is -2.36. The Balaban J connectivity index is 1.43. The van der Waals surface area contributed by atoms with Crippen LogP contribution in [-0.2, 0) is 16.0 Å². The van der Waals surface area contributed by atoms with Crippen molar-refractivity contribution in [1.82, 2.24) is 15.1 Å². The predicted octanol–water partition coefficient (Wildman–Crippen LogP) is 1.26. The second kappa shape index (κ2) is 8.03. The molecule has 130 valence electrons. The van der Waals surface area contributed by atoms with Crippen LogP contribution in [0.1, 0.15) is 17.5 Å². The molecule has 2 amide bonds. The number of benzene rings is 1. The van der Waals surface area contributed by atoms with Gasteiger partial charge in [-0.3, -0.25) is 14.9 Å². The Hall–Kier alpha value is -1.53. The van der Waals surface area contributed by atoms with Crippen molar-refractivity contribution in [2.75, 3.05) is 37.8 Å². The lowest BCUT2D eigenvalue weighted by molar-refractivity contribution is -0.140. The molecule has 0 bridgehead atoms. The van der Waals surface area contributed by atoms with Crippen molar-refractivity contribution in [2.45, 2.75) is 25.8 Å². The first-order valence-electron chi connectivity index (χ1n) is 8.57. The summed E-state index contributed by atoms with van der Waals surface area (Å²) >= 11 is 1.76. The first kappa shape index (κ1) is 17.3. The molecule has 1 aromatic carbocycles. The summed E-state index contributed by atoms with van der Waals surface area (Å²) < 4.78 is 0. The molecule has 6 heteroatoms. The number of carbonyl (C=O) groups excluding carboxylic acids is 2. The van der Waals surface area contributed by atoms with E-state index in [0.29, 0.717) is 32.6 Å². The largest absolute Gasteiger partial charge is 0.339 e. The number of carbonyl (C=O) groups is 2. The molecular formula is C18H25N3O2S. The van der Waals surface area contributed by atoms with Crippen LogP contribution in [0.5, 0.6) is 0 Å². The molecule has 2 heterocycles. The zero-order valence-electron chi connectivity index (χ0n) is 14.2. The van der Waals surface area contributed by atoms with E-state index >= 15 is 0 Å². The second-order valence-corrected chi connectivity index (χ2v) is 7.49. The van der Waals surface area contributed by atoms with Crippen LogP contribution in [0.25, 0.3) is 0 Å². The Bertz CT molecular complexity index is 576. The van der Waals surface area contributed by atoms with Crippen molar-refractivity contribution >= 4 is 23.6 Å². The fourth-order valence-electron chi connectivity index (χ4n) is 3.11. The zero-order valence-corrected chi connectivity index (χ0v) is 15.0. The van der Waals surface area contributed by atoms with Gasteiger partial charge in [-0.25, -0.2) is 0 Å². The molecule has 24 heavy (non-hydrogen) atoms. The van der Waals surface area contributed by atoms with E-state index in [1.807, 2.05) is 9.80 Å². The van der Waals surface area contributed by atoms with Crippen LogP contribution in [0.15, 0.2) is 24.3 Å². The molecule has 0 aliphatic carbocycles. The highest BCUT2D eigenvalue weighted by atomic mass is 32.2. The third kappa shape index (κ3) is 4.30. The standard InChI is InChI=1S/C18H25N3O2S/c1-14-2-4-15(5-3-14)6-7-17(22)20-8-10-21(11-9-20)18(23)16-12-24-13-19-16/h2-5,16,19H,6-13H2,1H3. The fourth-order valence-corrected chi connectivity index (χ4v) is 4.05. The molecule has 1 atom stereocenters. The van der Waals surface area contributed by atoms with Crippen LogP contribution in [0.4, 0.5) is 0 Å². The summed E-state index contributed by atoms with van der Waals surface area (Å²) in [6.07, 6.45) is 1.32. The maximum absolute atomic E-state index is 12.4. The summed E-state index contributed by atoms with van der Waals surface area (Å²) in [6, 6.07) is 8.30. The molecule has 2 aliphatic rings. The van der Waals surface area contributed by atoms with Crippen LogP contribution in [0, 0.1) is 6.92 Å². The van der Waals surface area contributed by atoms with Gasteiger partial charge in [-0.1, -0.05) is 29.8 Å². The topological polar surface area (TPSA) is 52.7 Å². The highest BCUT2D eigenvalue weighted by molar-refractivity contribution is 7.99. The number of thioether (sulfide) groups is 1. The number of rotatable bonds is 4. The van der Waals surface area contributed by atoms with Gasteiger partial charge in [0.2, 0.25) is 11.8 Å². The molecule has 2 saturated heterocycles. The van der Waals surface area contributed by atoms with Gasteiger partial charge in [-0.2, -0.15) is 0 Å². The number of nitrogens with zero attached hydrogens (tertiary/aromatic N) is 2. The zero-order chi connectivity index (χ0) is 16.9. The number of hydrogen-bond acceptors (Lipinski definition) is 4. The molecule has 1 N–H and O–H groups in total. The molecule has 0 saturated carbocycles. The first-order valence-corrected chi connectivity index (χ1v) is 9.72. The third-order valence-electron chi connectivity index (χ3n) is 4.71. The van der Waals surface area contributed by atoms with Crippen LogP contribution in [0.3, 0.4) is 0 Å². The summed E-state index contributed by atoms with van der Waals surface area (Å²) in [6.45, 7) is 4.67. The molecule has 0 aromatic heterocycles. The van der Waals surface area contributed by atoms with Crippen LogP contribution in [-0.4, -0.2) is 65.5 Å². The summed E-state index contributed by atoms with van der Waals surface area (Å²) in [5.41, 5.74) is 2.44. The summed E-state index contributed by atoms with van der Waals surface area (Å²) in [5, 5.41) is 3.22. The molecule has 3 rings (SSSR count).